The van der Waals surface area contributed by atoms with Gasteiger partial charge in [-0.3, -0.25) is 9.59 Å². The third-order valence-electron chi connectivity index (χ3n) is 15.4. The number of aliphatic hydroxyl groups is 1. The maximum atomic E-state index is 12.4. The van der Waals surface area contributed by atoms with E-state index in [2.05, 4.69) is 208 Å². The van der Waals surface area contributed by atoms with Gasteiger partial charge in [-0.25, -0.2) is 0 Å². The molecule has 0 aromatic carbocycles. The molecule has 0 rings (SSSR count). The van der Waals surface area contributed by atoms with Crippen LogP contribution in [0, 0.1) is 0 Å². The summed E-state index contributed by atoms with van der Waals surface area (Å²) in [4.78, 5) is 24.7. The molecule has 0 bridgehead atoms. The Kier molecular flexibility index (Phi) is 73.4. The first-order valence-electron chi connectivity index (χ1n) is 37.0. The molecule has 0 aromatic rings. The number of rotatable bonds is 66. The molecule has 0 saturated heterocycles. The van der Waals surface area contributed by atoms with Crippen molar-refractivity contribution in [3.05, 3.63) is 194 Å². The molecule has 0 heterocycles. The second kappa shape index (κ2) is 78.0. The number of aliphatic hydroxyl groups excluding tert-OH is 1. The average Bonchev–Trinajstić information content (AvgIpc) is 3.59. The maximum absolute atomic E-state index is 12.4. The Balaban J connectivity index is 3.55. The Hall–Kier alpha value is -5.26. The van der Waals surface area contributed by atoms with Crippen LogP contribution >= 0.6 is 0 Å². The van der Waals surface area contributed by atoms with Crippen molar-refractivity contribution in [2.75, 3.05) is 13.2 Å². The second-order valence-electron chi connectivity index (χ2n) is 23.9. The minimum absolute atomic E-state index is 0.0775. The topological polar surface area (TPSA) is 72.8 Å². The SMILES string of the molecule is CC/C=C\C/C=C\C/C=C\C/C=C\C/C=C\C/C=C\C/C=C\C/C=C\C/C=C\C/C=C\CCCCCCCCCCC(=O)OC(CO)COC(=O)CCCCCCCCCCCCCCCCCCCC/C=C\C/C=C\C/C=C\C/C=C\C/C=C\C/C=C\CC. The van der Waals surface area contributed by atoms with E-state index in [0.717, 1.165) is 148 Å². The first-order chi connectivity index (χ1) is 44.6. The predicted molar refractivity (Wildman–Crippen MR) is 398 cm³/mol. The van der Waals surface area contributed by atoms with Crippen LogP contribution in [-0.4, -0.2) is 36.4 Å². The van der Waals surface area contributed by atoms with Gasteiger partial charge in [-0.1, -0.05) is 350 Å². The molecule has 1 unspecified atom stereocenters. The Labute approximate surface area is 556 Å². The molecule has 1 N–H and O–H groups in total. The predicted octanol–water partition coefficient (Wildman–Crippen LogP) is 26.3. The third-order valence-corrected chi connectivity index (χ3v) is 15.4. The Morgan fingerprint density at radius 3 is 0.667 bits per heavy atom. The number of unbranched alkanes of at least 4 members (excludes halogenated alkanes) is 26. The van der Waals surface area contributed by atoms with Crippen molar-refractivity contribution in [2.24, 2.45) is 0 Å². The van der Waals surface area contributed by atoms with Crippen molar-refractivity contribution < 1.29 is 24.2 Å². The number of carbonyl (C=O) groups excluding carboxylic acids is 2. The van der Waals surface area contributed by atoms with Crippen LogP contribution in [-0.2, 0) is 19.1 Å². The summed E-state index contributed by atoms with van der Waals surface area (Å²) in [6, 6.07) is 0. The number of carbonyl (C=O) groups is 2. The molecule has 5 nitrogen and oxygen atoms in total. The molecule has 506 valence electrons. The largest absolute Gasteiger partial charge is 0.462 e. The summed E-state index contributed by atoms with van der Waals surface area (Å²) in [6.07, 6.45) is 123. The van der Waals surface area contributed by atoms with Gasteiger partial charge in [0.15, 0.2) is 6.10 Å². The number of hydrogen-bond acceptors (Lipinski definition) is 5. The summed E-state index contributed by atoms with van der Waals surface area (Å²) in [7, 11) is 0. The highest BCUT2D eigenvalue weighted by atomic mass is 16.6. The molecular formula is C85H136O5. The van der Waals surface area contributed by atoms with Crippen molar-refractivity contribution in [1.29, 1.82) is 0 Å². The van der Waals surface area contributed by atoms with Crippen molar-refractivity contribution in [3.63, 3.8) is 0 Å². The van der Waals surface area contributed by atoms with Crippen LogP contribution < -0.4 is 0 Å². The standard InChI is InChI=1S/C85H136O5/c1-3-5-7-9-11-13-15-17-19-21-23-25-27-29-31-33-35-37-39-41-42-44-46-48-50-52-54-56-58-60-62-64-66-68-70-72-74-76-78-80-85(88)90-83(81-86)82-89-84(87)79-77-75-73-71-69-67-65-63-61-59-57-55-53-51-49-47-45-43-40-38-36-34-32-30-28-26-24-22-20-18-16-14-12-10-8-6-4-2/h5-8,11-14,17-20,23-26,29-32,35-38,41-42,46,48,52,54,58,60,83,86H,3-4,9-10,15-16,21-22,27-28,33-34,39-40,43-45,47,49-51,53,55-57,59,61-82H2,1-2H3/b7-5-,8-6-,13-11-,14-12-,19-17-,20-18-,25-23-,26-24-,31-29-,32-30-,37-35-,38-36-,42-41-,48-46-,54-52-,60-58-. The molecular weight excluding hydrogens is 1100 g/mol. The van der Waals surface area contributed by atoms with Gasteiger partial charge in [0.05, 0.1) is 6.61 Å². The Morgan fingerprint density at radius 2 is 0.444 bits per heavy atom. The lowest BCUT2D eigenvalue weighted by Gasteiger charge is -2.15. The highest BCUT2D eigenvalue weighted by Crippen LogP contribution is 2.17. The number of allylic oxidation sites excluding steroid dienone is 32. The van der Waals surface area contributed by atoms with Gasteiger partial charge in [-0.05, 0) is 141 Å². The van der Waals surface area contributed by atoms with Gasteiger partial charge in [0.1, 0.15) is 6.61 Å². The van der Waals surface area contributed by atoms with Crippen LogP contribution in [0.1, 0.15) is 309 Å². The number of hydrogen-bond donors (Lipinski definition) is 1. The average molecular weight is 1240 g/mol. The van der Waals surface area contributed by atoms with Crippen LogP contribution in [0.25, 0.3) is 0 Å². The molecule has 1 atom stereocenters. The minimum atomic E-state index is -0.791. The third kappa shape index (κ3) is 75.2. The molecule has 0 aliphatic carbocycles. The van der Waals surface area contributed by atoms with E-state index in [-0.39, 0.29) is 25.2 Å². The molecule has 0 saturated carbocycles. The van der Waals surface area contributed by atoms with Crippen molar-refractivity contribution in [1.82, 2.24) is 0 Å². The molecule has 0 aliphatic heterocycles. The van der Waals surface area contributed by atoms with Gasteiger partial charge < -0.3 is 14.6 Å². The highest BCUT2D eigenvalue weighted by Gasteiger charge is 2.16. The zero-order valence-corrected chi connectivity index (χ0v) is 58.1. The molecule has 0 fully saturated rings. The fourth-order valence-electron chi connectivity index (χ4n) is 9.94. The smallest absolute Gasteiger partial charge is 0.306 e. The molecule has 90 heavy (non-hydrogen) atoms. The molecule has 0 radical (unpaired) electrons. The Morgan fingerprint density at radius 1 is 0.256 bits per heavy atom. The molecule has 0 aliphatic rings. The van der Waals surface area contributed by atoms with E-state index < -0.39 is 6.10 Å². The van der Waals surface area contributed by atoms with Crippen LogP contribution in [0.4, 0.5) is 0 Å². The summed E-state index contributed by atoms with van der Waals surface area (Å²) in [5, 5.41) is 9.72. The maximum Gasteiger partial charge on any atom is 0.306 e. The zero-order valence-electron chi connectivity index (χ0n) is 58.1. The van der Waals surface area contributed by atoms with E-state index in [1.807, 2.05) is 0 Å². The number of esters is 2. The van der Waals surface area contributed by atoms with E-state index in [1.165, 1.54) is 135 Å². The first kappa shape index (κ1) is 84.7. The van der Waals surface area contributed by atoms with Crippen LogP contribution in [0.5, 0.6) is 0 Å². The molecule has 0 amide bonds. The Bertz CT molecular complexity index is 2040. The fourth-order valence-corrected chi connectivity index (χ4v) is 9.94. The van der Waals surface area contributed by atoms with Gasteiger partial charge in [-0.15, -0.1) is 0 Å². The summed E-state index contributed by atoms with van der Waals surface area (Å²) in [5.41, 5.74) is 0. The summed E-state index contributed by atoms with van der Waals surface area (Å²) in [5.74, 6) is -0.602. The normalized spacial score (nSPS) is 13.4. The quantitative estimate of drug-likeness (QED) is 0.0373. The molecule has 5 heteroatoms. The monoisotopic (exact) mass is 1240 g/mol. The highest BCUT2D eigenvalue weighted by molar-refractivity contribution is 5.70. The van der Waals surface area contributed by atoms with Crippen LogP contribution in [0.2, 0.25) is 0 Å². The summed E-state index contributed by atoms with van der Waals surface area (Å²) in [6.45, 7) is 3.91. The van der Waals surface area contributed by atoms with Crippen LogP contribution in [0.15, 0.2) is 194 Å². The molecule has 0 aromatic heterocycles. The first-order valence-corrected chi connectivity index (χ1v) is 37.0. The number of ether oxygens (including phenoxy) is 2. The van der Waals surface area contributed by atoms with Gasteiger partial charge in [0.2, 0.25) is 0 Å². The lowest BCUT2D eigenvalue weighted by molar-refractivity contribution is -0.161. The van der Waals surface area contributed by atoms with E-state index in [0.29, 0.717) is 12.8 Å². The molecule has 0 spiro atoms. The van der Waals surface area contributed by atoms with Gasteiger partial charge in [-0.2, -0.15) is 0 Å². The van der Waals surface area contributed by atoms with Gasteiger partial charge in [0, 0.05) is 12.8 Å². The van der Waals surface area contributed by atoms with E-state index >= 15 is 0 Å². The van der Waals surface area contributed by atoms with Crippen molar-refractivity contribution >= 4 is 11.9 Å². The van der Waals surface area contributed by atoms with E-state index in [1.54, 1.807) is 0 Å². The summed E-state index contributed by atoms with van der Waals surface area (Å²) >= 11 is 0. The lowest BCUT2D eigenvalue weighted by Crippen LogP contribution is -2.28. The fraction of sp³-hybridized carbons (Fsp3) is 0.600. The van der Waals surface area contributed by atoms with E-state index in [9.17, 15) is 14.7 Å². The van der Waals surface area contributed by atoms with Crippen molar-refractivity contribution in [3.8, 4) is 0 Å². The lowest BCUT2D eigenvalue weighted by atomic mass is 10.0. The van der Waals surface area contributed by atoms with E-state index in [4.69, 9.17) is 9.47 Å². The zero-order chi connectivity index (χ0) is 64.7. The minimum Gasteiger partial charge on any atom is -0.462 e. The van der Waals surface area contributed by atoms with Crippen LogP contribution in [0.3, 0.4) is 0 Å². The summed E-state index contributed by atoms with van der Waals surface area (Å²) < 4.78 is 10.8. The van der Waals surface area contributed by atoms with Gasteiger partial charge in [0.25, 0.3) is 0 Å². The van der Waals surface area contributed by atoms with Crippen molar-refractivity contribution in [2.45, 2.75) is 315 Å². The second-order valence-corrected chi connectivity index (χ2v) is 23.9. The van der Waals surface area contributed by atoms with Gasteiger partial charge >= 0.3 is 11.9 Å².